The lowest BCUT2D eigenvalue weighted by molar-refractivity contribution is -0.129. The molecule has 2 heterocycles. The Balaban J connectivity index is 0.000000509. The first kappa shape index (κ1) is 23.9. The van der Waals surface area contributed by atoms with Crippen molar-refractivity contribution in [2.45, 2.75) is 0 Å². The van der Waals surface area contributed by atoms with E-state index in [-0.39, 0.29) is 5.91 Å². The Labute approximate surface area is 197 Å². The van der Waals surface area contributed by atoms with Crippen molar-refractivity contribution in [1.29, 1.82) is 0 Å². The number of ether oxygens (including phenoxy) is 3. The number of amides is 1. The number of nitrogens with zero attached hydrogens (tertiary/aromatic N) is 1. The van der Waals surface area contributed by atoms with Gasteiger partial charge in [-0.3, -0.25) is 4.79 Å². The highest BCUT2D eigenvalue weighted by Gasteiger charge is 2.18. The van der Waals surface area contributed by atoms with E-state index < -0.39 is 0 Å². The smallest absolute Gasteiger partial charge is 0.247 e. The minimum Gasteiger partial charge on any atom is -0.493 e. The number of rotatable bonds is 5. The van der Waals surface area contributed by atoms with E-state index in [9.17, 15) is 4.79 Å². The van der Waals surface area contributed by atoms with Crippen molar-refractivity contribution in [3.63, 3.8) is 0 Å². The molecule has 1 aromatic heterocycles. The number of methoxy groups -OCH3 is 2. The van der Waals surface area contributed by atoms with Gasteiger partial charge < -0.3 is 19.1 Å². The molecule has 1 fully saturated rings. The zero-order chi connectivity index (χ0) is 22.8. The van der Waals surface area contributed by atoms with Crippen molar-refractivity contribution in [3.05, 3.63) is 87.6 Å². The lowest BCUT2D eigenvalue weighted by atomic mass is 9.96. The van der Waals surface area contributed by atoms with Crippen LogP contribution in [0.4, 0.5) is 0 Å². The average molecular weight is 472 g/mol. The first-order chi connectivity index (χ1) is 15.6. The molecule has 3 aromatic rings. The first-order valence-electron chi connectivity index (χ1n) is 10.2. The minimum atomic E-state index is -0.0435. The van der Waals surface area contributed by atoms with Crippen LogP contribution >= 0.6 is 22.9 Å². The summed E-state index contributed by atoms with van der Waals surface area (Å²) in [6, 6.07) is 17.1. The number of morpholine rings is 1. The van der Waals surface area contributed by atoms with Gasteiger partial charge >= 0.3 is 0 Å². The van der Waals surface area contributed by atoms with E-state index in [2.05, 4.69) is 0 Å². The molecule has 168 valence electrons. The Bertz CT molecular complexity index is 996. The number of carbonyl (C=O) groups is 1. The summed E-state index contributed by atoms with van der Waals surface area (Å²) in [5.41, 5.74) is 2.55. The molecule has 0 spiro atoms. The molecule has 5 nitrogen and oxygen atoms in total. The fraction of sp³-hybridized carbons (Fsp3) is 0.240. The average Bonchev–Trinajstić information content (AvgIpc) is 3.43. The summed E-state index contributed by atoms with van der Waals surface area (Å²) >= 11 is 7.75. The molecule has 1 saturated heterocycles. The molecule has 2 aromatic carbocycles. The molecule has 0 atom stereocenters. The van der Waals surface area contributed by atoms with E-state index in [1.165, 1.54) is 0 Å². The van der Waals surface area contributed by atoms with Crippen molar-refractivity contribution in [1.82, 2.24) is 4.90 Å². The van der Waals surface area contributed by atoms with Gasteiger partial charge in [0.05, 0.1) is 27.4 Å². The van der Waals surface area contributed by atoms with E-state index in [1.807, 2.05) is 65.4 Å². The number of halogens is 1. The molecule has 0 aliphatic carbocycles. The van der Waals surface area contributed by atoms with Crippen LogP contribution in [0.25, 0.3) is 5.57 Å². The van der Waals surface area contributed by atoms with Crippen LogP contribution in [0, 0.1) is 0 Å². The van der Waals surface area contributed by atoms with Crippen molar-refractivity contribution >= 4 is 34.4 Å². The third-order valence-corrected chi connectivity index (χ3v) is 5.75. The first-order valence-corrected chi connectivity index (χ1v) is 11.5. The molecule has 0 unspecified atom stereocenters. The Morgan fingerprint density at radius 1 is 0.969 bits per heavy atom. The van der Waals surface area contributed by atoms with Gasteiger partial charge in [-0.05, 0) is 51.7 Å². The number of carbonyl (C=O) groups excluding carboxylic acids is 1. The van der Waals surface area contributed by atoms with Gasteiger partial charge in [-0.15, -0.1) is 0 Å². The van der Waals surface area contributed by atoms with Crippen LogP contribution in [0.15, 0.2) is 71.4 Å². The highest BCUT2D eigenvalue weighted by Crippen LogP contribution is 2.33. The second-order valence-corrected chi connectivity index (χ2v) is 8.12. The van der Waals surface area contributed by atoms with E-state index in [0.717, 1.165) is 16.7 Å². The monoisotopic (exact) mass is 471 g/mol. The SMILES string of the molecule is COc1ccc(/C(=C/C(=O)N2CCOCC2)c2ccc(Cl)cc2)cc1OC.c1ccsc1. The van der Waals surface area contributed by atoms with Crippen LogP contribution in [0.1, 0.15) is 11.1 Å². The van der Waals surface area contributed by atoms with E-state index in [1.54, 1.807) is 36.5 Å². The second kappa shape index (κ2) is 12.3. The molecule has 7 heteroatoms. The standard InChI is InChI=1S/C21H22ClNO4.C4H4S/c1-25-19-8-5-16(13-20(19)26-2)18(15-3-6-17(22)7-4-15)14-21(24)23-9-11-27-12-10-23;1-2-4-5-3-1/h3-8,13-14H,9-12H2,1-2H3;1-4H/b18-14+;. The van der Waals surface area contributed by atoms with E-state index >= 15 is 0 Å². The van der Waals surface area contributed by atoms with Crippen LogP contribution in [0.2, 0.25) is 5.02 Å². The van der Waals surface area contributed by atoms with Gasteiger partial charge in [0.1, 0.15) is 0 Å². The molecular weight excluding hydrogens is 446 g/mol. The Morgan fingerprint density at radius 2 is 1.59 bits per heavy atom. The van der Waals surface area contributed by atoms with Crippen molar-refractivity contribution in [2.24, 2.45) is 0 Å². The quantitative estimate of drug-likeness (QED) is 0.468. The number of hydrogen-bond donors (Lipinski definition) is 0. The summed E-state index contributed by atoms with van der Waals surface area (Å²) in [6.45, 7) is 2.31. The molecule has 1 aliphatic heterocycles. The fourth-order valence-corrected chi connectivity index (χ4v) is 3.77. The summed E-state index contributed by atoms with van der Waals surface area (Å²) in [4.78, 5) is 14.6. The van der Waals surface area contributed by atoms with E-state index in [4.69, 9.17) is 25.8 Å². The summed E-state index contributed by atoms with van der Waals surface area (Å²) in [5.74, 6) is 1.20. The summed E-state index contributed by atoms with van der Waals surface area (Å²) in [7, 11) is 3.18. The van der Waals surface area contributed by atoms with Gasteiger partial charge in [-0.1, -0.05) is 41.9 Å². The molecule has 32 heavy (non-hydrogen) atoms. The number of hydrogen-bond acceptors (Lipinski definition) is 5. The third kappa shape index (κ3) is 6.60. The topological polar surface area (TPSA) is 48.0 Å². The van der Waals surface area contributed by atoms with Crippen molar-refractivity contribution in [2.75, 3.05) is 40.5 Å². The maximum absolute atomic E-state index is 12.8. The molecule has 0 N–H and O–H groups in total. The molecule has 1 aliphatic rings. The number of thiophene rings is 1. The Hall–Kier alpha value is -2.80. The zero-order valence-corrected chi connectivity index (χ0v) is 19.7. The number of benzene rings is 2. The zero-order valence-electron chi connectivity index (χ0n) is 18.1. The molecular formula is C25H26ClNO4S. The van der Waals surface area contributed by atoms with Crippen LogP contribution in [0.5, 0.6) is 11.5 Å². The van der Waals surface area contributed by atoms with Gasteiger partial charge in [0.15, 0.2) is 11.5 Å². The second-order valence-electron chi connectivity index (χ2n) is 6.87. The lowest BCUT2D eigenvalue weighted by Crippen LogP contribution is -2.39. The summed E-state index contributed by atoms with van der Waals surface area (Å²) < 4.78 is 16.1. The Kier molecular flexibility index (Phi) is 9.16. The molecule has 0 radical (unpaired) electrons. The van der Waals surface area contributed by atoms with Crippen LogP contribution in [0.3, 0.4) is 0 Å². The maximum Gasteiger partial charge on any atom is 0.247 e. The lowest BCUT2D eigenvalue weighted by Gasteiger charge is -2.26. The van der Waals surface area contributed by atoms with Crippen LogP contribution < -0.4 is 9.47 Å². The summed E-state index contributed by atoms with van der Waals surface area (Å²) in [6.07, 6.45) is 1.66. The molecule has 0 bridgehead atoms. The van der Waals surface area contributed by atoms with Gasteiger partial charge in [-0.2, -0.15) is 11.3 Å². The van der Waals surface area contributed by atoms with Crippen molar-refractivity contribution < 1.29 is 19.0 Å². The largest absolute Gasteiger partial charge is 0.493 e. The molecule has 4 rings (SSSR count). The highest BCUT2D eigenvalue weighted by molar-refractivity contribution is 7.07. The minimum absolute atomic E-state index is 0.0435. The van der Waals surface area contributed by atoms with E-state index in [0.29, 0.717) is 42.8 Å². The van der Waals surface area contributed by atoms with Gasteiger partial charge in [0.25, 0.3) is 0 Å². The van der Waals surface area contributed by atoms with Crippen molar-refractivity contribution in [3.8, 4) is 11.5 Å². The van der Waals surface area contributed by atoms with Gasteiger partial charge in [-0.25, -0.2) is 0 Å². The third-order valence-electron chi connectivity index (χ3n) is 4.87. The summed E-state index contributed by atoms with van der Waals surface area (Å²) in [5, 5.41) is 4.73. The fourth-order valence-electron chi connectivity index (χ4n) is 3.19. The van der Waals surface area contributed by atoms with Crippen LogP contribution in [-0.2, 0) is 9.53 Å². The maximum atomic E-state index is 12.8. The predicted octanol–water partition coefficient (Wildman–Crippen LogP) is 5.40. The molecule has 1 amide bonds. The normalized spacial score (nSPS) is 13.7. The predicted molar refractivity (Wildman–Crippen MR) is 130 cm³/mol. The Morgan fingerprint density at radius 3 is 2.16 bits per heavy atom. The highest BCUT2D eigenvalue weighted by atomic mass is 35.5. The molecule has 0 saturated carbocycles. The van der Waals surface area contributed by atoms with Gasteiger partial charge in [0.2, 0.25) is 5.91 Å². The van der Waals surface area contributed by atoms with Gasteiger partial charge in [0, 0.05) is 24.2 Å². The van der Waals surface area contributed by atoms with Crippen LogP contribution in [-0.4, -0.2) is 51.3 Å².